The molecule has 5 nitrogen and oxygen atoms in total. The molecule has 0 bridgehead atoms. The predicted molar refractivity (Wildman–Crippen MR) is 88.8 cm³/mol. The normalized spacial score (nSPS) is 13.1. The van der Waals surface area contributed by atoms with Crippen molar-refractivity contribution in [3.8, 4) is 5.75 Å². The zero-order valence-corrected chi connectivity index (χ0v) is 15.0. The molecule has 1 heterocycles. The fourth-order valence-corrected chi connectivity index (χ4v) is 2.21. The lowest BCUT2D eigenvalue weighted by Crippen LogP contribution is -2.37. The fraction of sp³-hybridized carbons (Fsp3) is 0.333. The SMILES string of the molecule is CC(c1ccc(OCC(F)(F)F)cn1)N(OCC(F)(F)F)C(=O)c1ccccc1. The fourth-order valence-electron chi connectivity index (χ4n) is 2.21. The van der Waals surface area contributed by atoms with Gasteiger partial charge >= 0.3 is 12.4 Å². The van der Waals surface area contributed by atoms with Crippen molar-refractivity contribution < 1.29 is 40.7 Å². The summed E-state index contributed by atoms with van der Waals surface area (Å²) in [5, 5.41) is 0.529. The van der Waals surface area contributed by atoms with Crippen molar-refractivity contribution in [1.82, 2.24) is 10.0 Å². The van der Waals surface area contributed by atoms with Crippen LogP contribution in [0.3, 0.4) is 0 Å². The highest BCUT2D eigenvalue weighted by atomic mass is 19.4. The minimum atomic E-state index is -4.68. The van der Waals surface area contributed by atoms with E-state index in [2.05, 4.69) is 9.72 Å². The molecule has 1 amide bonds. The second-order valence-corrected chi connectivity index (χ2v) is 5.88. The maximum atomic E-state index is 12.6. The maximum absolute atomic E-state index is 12.6. The number of carbonyl (C=O) groups is 1. The molecule has 0 N–H and O–H groups in total. The van der Waals surface area contributed by atoms with Gasteiger partial charge in [0.15, 0.2) is 13.2 Å². The third-order valence-corrected chi connectivity index (χ3v) is 3.53. The molecule has 0 aliphatic rings. The van der Waals surface area contributed by atoms with E-state index in [1.165, 1.54) is 43.3 Å². The van der Waals surface area contributed by atoms with Crippen LogP contribution in [0, 0.1) is 0 Å². The lowest BCUT2D eigenvalue weighted by atomic mass is 10.1. The topological polar surface area (TPSA) is 51.7 Å². The van der Waals surface area contributed by atoms with Crippen LogP contribution >= 0.6 is 0 Å². The monoisotopic (exact) mass is 422 g/mol. The van der Waals surface area contributed by atoms with Crippen molar-refractivity contribution >= 4 is 5.91 Å². The first-order valence-corrected chi connectivity index (χ1v) is 8.20. The number of rotatable bonds is 7. The van der Waals surface area contributed by atoms with Crippen LogP contribution in [0.1, 0.15) is 29.0 Å². The molecule has 0 spiro atoms. The Labute approximate surface area is 161 Å². The van der Waals surface area contributed by atoms with Crippen molar-refractivity contribution in [1.29, 1.82) is 0 Å². The molecule has 1 aromatic heterocycles. The Hall–Kier alpha value is -2.82. The molecule has 0 fully saturated rings. The van der Waals surface area contributed by atoms with Gasteiger partial charge in [0, 0.05) is 5.56 Å². The summed E-state index contributed by atoms with van der Waals surface area (Å²) in [6, 6.07) is 8.83. The van der Waals surface area contributed by atoms with Gasteiger partial charge in [0.1, 0.15) is 5.75 Å². The molecule has 1 atom stereocenters. The summed E-state index contributed by atoms with van der Waals surface area (Å²) in [5.41, 5.74) is 0.183. The van der Waals surface area contributed by atoms with Gasteiger partial charge < -0.3 is 4.74 Å². The van der Waals surface area contributed by atoms with Crippen LogP contribution in [-0.4, -0.2) is 41.5 Å². The number of pyridine rings is 1. The van der Waals surface area contributed by atoms with Gasteiger partial charge in [0.05, 0.1) is 17.9 Å². The summed E-state index contributed by atoms with van der Waals surface area (Å²) in [5.74, 6) is -1.02. The van der Waals surface area contributed by atoms with Crippen LogP contribution in [0.2, 0.25) is 0 Å². The van der Waals surface area contributed by atoms with Crippen LogP contribution in [0.5, 0.6) is 5.75 Å². The highest BCUT2D eigenvalue weighted by molar-refractivity contribution is 5.93. The van der Waals surface area contributed by atoms with Gasteiger partial charge in [-0.2, -0.15) is 26.3 Å². The Balaban J connectivity index is 2.19. The Bertz CT molecular complexity index is 794. The summed E-state index contributed by atoms with van der Waals surface area (Å²) in [6.07, 6.45) is -8.24. The first-order valence-electron chi connectivity index (χ1n) is 8.20. The number of benzene rings is 1. The Morgan fingerprint density at radius 3 is 2.14 bits per heavy atom. The quantitative estimate of drug-likeness (QED) is 0.479. The molecule has 0 aliphatic heterocycles. The molecule has 0 aliphatic carbocycles. The second-order valence-electron chi connectivity index (χ2n) is 5.88. The average Bonchev–Trinajstić information content (AvgIpc) is 2.66. The van der Waals surface area contributed by atoms with E-state index in [4.69, 9.17) is 4.84 Å². The summed E-state index contributed by atoms with van der Waals surface area (Å²) >= 11 is 0. The Morgan fingerprint density at radius 1 is 1.00 bits per heavy atom. The number of amides is 1. The zero-order chi connectivity index (χ0) is 21.7. The molecular weight excluding hydrogens is 406 g/mol. The van der Waals surface area contributed by atoms with E-state index in [0.29, 0.717) is 5.06 Å². The van der Waals surface area contributed by atoms with Crippen molar-refractivity contribution in [2.75, 3.05) is 13.2 Å². The lowest BCUT2D eigenvalue weighted by molar-refractivity contribution is -0.243. The first kappa shape index (κ1) is 22.5. The van der Waals surface area contributed by atoms with E-state index in [9.17, 15) is 31.1 Å². The van der Waals surface area contributed by atoms with E-state index in [-0.39, 0.29) is 17.0 Å². The van der Waals surface area contributed by atoms with Crippen molar-refractivity contribution in [2.45, 2.75) is 25.3 Å². The average molecular weight is 422 g/mol. The summed E-state index contributed by atoms with van der Waals surface area (Å²) in [4.78, 5) is 21.2. The number of halogens is 6. The first-order chi connectivity index (χ1) is 13.5. The molecule has 0 saturated carbocycles. The minimum absolute atomic E-state index is 0.0895. The smallest absolute Gasteiger partial charge is 0.422 e. The van der Waals surface area contributed by atoms with E-state index in [1.807, 2.05) is 0 Å². The number of carbonyl (C=O) groups excluding carboxylic acids is 1. The summed E-state index contributed by atoms with van der Waals surface area (Å²) in [6.45, 7) is -1.85. The van der Waals surface area contributed by atoms with Gasteiger partial charge in [-0.3, -0.25) is 14.6 Å². The van der Waals surface area contributed by atoms with Crippen LogP contribution in [0.15, 0.2) is 48.7 Å². The summed E-state index contributed by atoms with van der Waals surface area (Å²) < 4.78 is 78.9. The number of alkyl halides is 6. The van der Waals surface area contributed by atoms with Gasteiger partial charge in [-0.1, -0.05) is 18.2 Å². The Morgan fingerprint density at radius 2 is 1.62 bits per heavy atom. The van der Waals surface area contributed by atoms with Crippen LogP contribution in [0.25, 0.3) is 0 Å². The molecule has 2 rings (SSSR count). The third kappa shape index (κ3) is 7.26. The molecule has 11 heteroatoms. The van der Waals surface area contributed by atoms with Gasteiger partial charge in [0.25, 0.3) is 5.91 Å². The third-order valence-electron chi connectivity index (χ3n) is 3.53. The van der Waals surface area contributed by atoms with Crippen LogP contribution in [0.4, 0.5) is 26.3 Å². The standard InChI is InChI=1S/C18H16F6N2O3/c1-12(15-8-7-14(9-25-15)28-10-17(19,20)21)26(29-11-18(22,23)24)16(27)13-5-3-2-4-6-13/h2-9,12H,10-11H2,1H3. The van der Waals surface area contributed by atoms with E-state index in [1.54, 1.807) is 6.07 Å². The zero-order valence-electron chi connectivity index (χ0n) is 15.0. The molecule has 1 aromatic carbocycles. The predicted octanol–water partition coefficient (Wildman–Crippen LogP) is 4.72. The minimum Gasteiger partial charge on any atom is -0.483 e. The van der Waals surface area contributed by atoms with Crippen LogP contribution in [-0.2, 0) is 4.84 Å². The molecule has 158 valence electrons. The van der Waals surface area contributed by atoms with Gasteiger partial charge in [-0.25, -0.2) is 5.06 Å². The molecular formula is C18H16F6N2O3. The van der Waals surface area contributed by atoms with Gasteiger partial charge in [-0.05, 0) is 31.2 Å². The molecule has 0 saturated heterocycles. The molecule has 1 unspecified atom stereocenters. The van der Waals surface area contributed by atoms with E-state index < -0.39 is 37.5 Å². The summed E-state index contributed by atoms with van der Waals surface area (Å²) in [7, 11) is 0. The number of hydrogen-bond donors (Lipinski definition) is 0. The maximum Gasteiger partial charge on any atom is 0.422 e. The number of hydrogen-bond acceptors (Lipinski definition) is 4. The van der Waals surface area contributed by atoms with Crippen molar-refractivity contribution in [3.63, 3.8) is 0 Å². The van der Waals surface area contributed by atoms with Gasteiger partial charge in [-0.15, -0.1) is 0 Å². The molecule has 0 radical (unpaired) electrons. The molecule has 2 aromatic rings. The van der Waals surface area contributed by atoms with Crippen molar-refractivity contribution in [3.05, 3.63) is 59.9 Å². The number of nitrogens with zero attached hydrogens (tertiary/aromatic N) is 2. The largest absolute Gasteiger partial charge is 0.483 e. The number of aromatic nitrogens is 1. The highest BCUT2D eigenvalue weighted by Gasteiger charge is 2.33. The van der Waals surface area contributed by atoms with E-state index in [0.717, 1.165) is 6.20 Å². The second kappa shape index (κ2) is 9.12. The number of ether oxygens (including phenoxy) is 1. The van der Waals surface area contributed by atoms with Crippen molar-refractivity contribution in [2.24, 2.45) is 0 Å². The lowest BCUT2D eigenvalue weighted by Gasteiger charge is -2.28. The van der Waals surface area contributed by atoms with Gasteiger partial charge in [0.2, 0.25) is 0 Å². The van der Waals surface area contributed by atoms with Crippen LogP contribution < -0.4 is 4.74 Å². The number of hydroxylamine groups is 2. The highest BCUT2D eigenvalue weighted by Crippen LogP contribution is 2.26. The van der Waals surface area contributed by atoms with E-state index >= 15 is 0 Å². The Kier molecular flexibility index (Phi) is 7.07. The molecule has 29 heavy (non-hydrogen) atoms.